The summed E-state index contributed by atoms with van der Waals surface area (Å²) in [6, 6.07) is 0. The van der Waals surface area contributed by atoms with Crippen LogP contribution in [0.4, 0.5) is 0 Å². The molecule has 0 amide bonds. The van der Waals surface area contributed by atoms with Crippen LogP contribution in [0.15, 0.2) is 0 Å². The zero-order chi connectivity index (χ0) is 64.2. The molecule has 0 saturated carbocycles. The van der Waals surface area contributed by atoms with Gasteiger partial charge in [-0.15, -0.1) is 0 Å². The molecule has 0 heterocycles. The molecule has 0 aliphatic heterocycles. The first kappa shape index (κ1) is 89.1. The van der Waals surface area contributed by atoms with Crippen molar-refractivity contribution in [1.29, 1.82) is 0 Å². The van der Waals surface area contributed by atoms with Gasteiger partial charge in [0.2, 0.25) is 0 Å². The highest BCUT2D eigenvalue weighted by molar-refractivity contribution is 4.50. The van der Waals surface area contributed by atoms with Gasteiger partial charge in [0.15, 0.2) is 0 Å². The smallest absolute Gasteiger partial charge is 0.0701 e. The maximum Gasteiger partial charge on any atom is 0.0701 e. The Bertz CT molecular complexity index is 1120. The van der Waals surface area contributed by atoms with E-state index in [-0.39, 0.29) is 6.61 Å². The Morgan fingerprint density at radius 2 is 0.233 bits per heavy atom. The van der Waals surface area contributed by atoms with Crippen LogP contribution < -0.4 is 0 Å². The molecule has 0 aliphatic carbocycles. The maximum atomic E-state index is 8.71. The van der Waals surface area contributed by atoms with Gasteiger partial charge in [0, 0.05) is 139 Å². The van der Waals surface area contributed by atoms with Crippen molar-refractivity contribution in [3.8, 4) is 0 Å². The minimum atomic E-state index is 0.173. The van der Waals surface area contributed by atoms with Crippen molar-refractivity contribution in [3.63, 3.8) is 0 Å². The van der Waals surface area contributed by atoms with Crippen LogP contribution in [0.2, 0.25) is 0 Å². The van der Waals surface area contributed by atoms with E-state index in [0.717, 1.165) is 70.8 Å². The normalized spacial score (nSPS) is 11.8. The van der Waals surface area contributed by atoms with Gasteiger partial charge < -0.3 is 109 Å². The first-order chi connectivity index (χ1) is 44.9. The lowest BCUT2D eigenvalue weighted by molar-refractivity contribution is -0.0221. The van der Waals surface area contributed by atoms with Gasteiger partial charge in [-0.3, -0.25) is 0 Å². The third-order valence-corrected chi connectivity index (χ3v) is 13.0. The van der Waals surface area contributed by atoms with E-state index in [1.54, 1.807) is 0 Å². The summed E-state index contributed by atoms with van der Waals surface area (Å²) in [5.74, 6) is 0. The summed E-state index contributed by atoms with van der Waals surface area (Å²) in [5.41, 5.74) is 0. The maximum absolute atomic E-state index is 8.71. The molecular weight excluding hydrogens is 1170 g/mol. The molecule has 1 N–H and O–H groups in total. The highest BCUT2D eigenvalue weighted by Crippen LogP contribution is 2.11. The second-order valence-corrected chi connectivity index (χ2v) is 21.3. The van der Waals surface area contributed by atoms with E-state index in [2.05, 4.69) is 6.92 Å². The molecule has 90 heavy (non-hydrogen) atoms. The van der Waals surface area contributed by atoms with Crippen LogP contribution in [0.25, 0.3) is 0 Å². The lowest BCUT2D eigenvalue weighted by atomic mass is 10.1. The average molecular weight is 1310 g/mol. The van der Waals surface area contributed by atoms with Gasteiger partial charge in [-0.2, -0.15) is 0 Å². The molecule has 0 atom stereocenters. The zero-order valence-corrected chi connectivity index (χ0v) is 57.1. The van der Waals surface area contributed by atoms with Crippen molar-refractivity contribution in [2.24, 2.45) is 0 Å². The van der Waals surface area contributed by atoms with Crippen LogP contribution >= 0.6 is 0 Å². The van der Waals surface area contributed by atoms with Gasteiger partial charge in [-0.05, 0) is 70.6 Å². The van der Waals surface area contributed by atoms with Crippen molar-refractivity contribution in [1.82, 2.24) is 0 Å². The fraction of sp³-hybridized carbons (Fsp3) is 1.00. The third-order valence-electron chi connectivity index (χ3n) is 13.0. The molecule has 23 nitrogen and oxygen atoms in total. The number of unbranched alkanes of at least 4 members (excludes halogenated alkanes) is 10. The molecule has 0 spiro atoms. The first-order valence-corrected chi connectivity index (χ1v) is 35.2. The predicted octanol–water partition coefficient (Wildman–Crippen LogP) is 8.56. The van der Waals surface area contributed by atoms with Crippen molar-refractivity contribution in [2.45, 2.75) is 142 Å². The minimum absolute atomic E-state index is 0.173. The Kier molecular flexibility index (Phi) is 87.2. The summed E-state index contributed by atoms with van der Waals surface area (Å²) in [6.07, 6.45) is 23.3. The standard InChI is InChI=1S/C67H136O23/c1-2-3-4-5-6-7-8-9-10-11-12-24-77-44-48-81-52-56-85-60-64-89-65-61-86-58-54-83-50-46-79-42-21-39-76-40-22-43-80-47-51-84-55-59-88-63-67-90-66-62-87-57-53-82-49-45-78-41-20-38-75-37-19-36-74-35-18-34-73-33-17-32-72-31-16-30-71-29-15-28-70-27-14-26-69-25-13-23-68/h68H,2-67H2,1H3. The number of aliphatic hydroxyl groups excluding tert-OH is 1. The molecule has 23 heteroatoms. The molecule has 0 aromatic rings. The minimum Gasteiger partial charge on any atom is -0.396 e. The second kappa shape index (κ2) is 88.1. The van der Waals surface area contributed by atoms with Gasteiger partial charge >= 0.3 is 0 Å². The summed E-state index contributed by atoms with van der Waals surface area (Å²) in [6.45, 7) is 28.9. The van der Waals surface area contributed by atoms with Crippen molar-refractivity contribution in [2.75, 3.05) is 297 Å². The highest BCUT2D eigenvalue weighted by atomic mass is 16.6. The van der Waals surface area contributed by atoms with Gasteiger partial charge in [0.05, 0.1) is 159 Å². The van der Waals surface area contributed by atoms with Crippen LogP contribution in [0.1, 0.15) is 142 Å². The summed E-state index contributed by atoms with van der Waals surface area (Å²) in [7, 11) is 0. The van der Waals surface area contributed by atoms with Crippen LogP contribution in [-0.2, 0) is 104 Å². The van der Waals surface area contributed by atoms with Gasteiger partial charge in [0.25, 0.3) is 0 Å². The Morgan fingerprint density at radius 1 is 0.122 bits per heavy atom. The molecule has 0 radical (unpaired) electrons. The molecule has 0 aromatic heterocycles. The molecule has 0 unspecified atom stereocenters. The molecule has 0 fully saturated rings. The van der Waals surface area contributed by atoms with Crippen molar-refractivity contribution >= 4 is 0 Å². The second-order valence-electron chi connectivity index (χ2n) is 21.3. The summed E-state index contributed by atoms with van der Waals surface area (Å²) >= 11 is 0. The third kappa shape index (κ3) is 87.1. The van der Waals surface area contributed by atoms with Crippen LogP contribution in [0.5, 0.6) is 0 Å². The Hall–Kier alpha value is -0.920. The molecule has 0 rings (SSSR count). The summed E-state index contributed by atoms with van der Waals surface area (Å²) < 4.78 is 123. The fourth-order valence-corrected chi connectivity index (χ4v) is 8.06. The SMILES string of the molecule is CCCCCCCCCCCCCOCCOCCOCCOCCOCCOCCOCCCOCCCOCCOCCOCCOCCOCCOCCOCCCOCCCOCCCOCCCOCCCOCCCOCCCOCCCO. The Balaban J connectivity index is 3.08. The Morgan fingerprint density at radius 3 is 0.389 bits per heavy atom. The number of hydrogen-bond donors (Lipinski definition) is 1. The molecule has 0 aromatic carbocycles. The van der Waals surface area contributed by atoms with E-state index in [9.17, 15) is 0 Å². The van der Waals surface area contributed by atoms with E-state index in [4.69, 9.17) is 109 Å². The highest BCUT2D eigenvalue weighted by Gasteiger charge is 2.02. The number of rotatable bonds is 87. The molecule has 0 saturated heterocycles. The quantitative estimate of drug-likeness (QED) is 0.0563. The summed E-state index contributed by atoms with van der Waals surface area (Å²) in [4.78, 5) is 0. The monoisotopic (exact) mass is 1310 g/mol. The zero-order valence-electron chi connectivity index (χ0n) is 57.1. The van der Waals surface area contributed by atoms with Crippen molar-refractivity contribution in [3.05, 3.63) is 0 Å². The number of aliphatic hydroxyl groups is 1. The van der Waals surface area contributed by atoms with Crippen LogP contribution in [0, 0.1) is 0 Å². The molecular formula is C67H136O23. The van der Waals surface area contributed by atoms with Gasteiger partial charge in [-0.1, -0.05) is 71.1 Å². The lowest BCUT2D eigenvalue weighted by Crippen LogP contribution is -2.15. The largest absolute Gasteiger partial charge is 0.396 e. The number of ether oxygens (including phenoxy) is 22. The van der Waals surface area contributed by atoms with E-state index < -0.39 is 0 Å². The number of hydrogen-bond acceptors (Lipinski definition) is 23. The topological polar surface area (TPSA) is 223 Å². The summed E-state index contributed by atoms with van der Waals surface area (Å²) in [5, 5.41) is 8.71. The average Bonchev–Trinajstić information content (AvgIpc) is 3.55. The van der Waals surface area contributed by atoms with E-state index >= 15 is 0 Å². The van der Waals surface area contributed by atoms with Gasteiger partial charge in [-0.25, -0.2) is 0 Å². The first-order valence-electron chi connectivity index (χ1n) is 35.2. The van der Waals surface area contributed by atoms with E-state index in [0.29, 0.717) is 291 Å². The van der Waals surface area contributed by atoms with E-state index in [1.807, 2.05) is 0 Å². The van der Waals surface area contributed by atoms with Gasteiger partial charge in [0.1, 0.15) is 0 Å². The van der Waals surface area contributed by atoms with E-state index in [1.165, 1.54) is 64.2 Å². The molecule has 0 aliphatic rings. The van der Waals surface area contributed by atoms with Crippen LogP contribution in [0.3, 0.4) is 0 Å². The Labute approximate surface area is 546 Å². The lowest BCUT2D eigenvalue weighted by Gasteiger charge is -2.09. The predicted molar refractivity (Wildman–Crippen MR) is 348 cm³/mol. The fourth-order valence-electron chi connectivity index (χ4n) is 8.06. The van der Waals surface area contributed by atoms with Crippen molar-refractivity contribution < 1.29 is 109 Å². The molecule has 0 bridgehead atoms. The molecule has 542 valence electrons. The van der Waals surface area contributed by atoms with Crippen LogP contribution in [-0.4, -0.2) is 302 Å².